The zero-order valence-electron chi connectivity index (χ0n) is 13.8. The molecule has 0 saturated heterocycles. The van der Waals surface area contributed by atoms with E-state index in [4.69, 9.17) is 9.47 Å². The van der Waals surface area contributed by atoms with Crippen LogP contribution in [0.1, 0.15) is 29.9 Å². The number of aliphatic hydroxyl groups excluding tert-OH is 1. The minimum atomic E-state index is -0.978. The molecule has 0 saturated carbocycles. The zero-order valence-corrected chi connectivity index (χ0v) is 13.8. The van der Waals surface area contributed by atoms with E-state index in [-0.39, 0.29) is 13.2 Å². The van der Waals surface area contributed by atoms with Crippen LogP contribution in [-0.2, 0) is 9.47 Å². The van der Waals surface area contributed by atoms with E-state index in [1.54, 1.807) is 30.3 Å². The van der Waals surface area contributed by atoms with Crippen molar-refractivity contribution < 1.29 is 19.4 Å². The maximum atomic E-state index is 12.1. The van der Waals surface area contributed by atoms with Crippen LogP contribution in [0.25, 0.3) is 0 Å². The third kappa shape index (κ3) is 5.13. The summed E-state index contributed by atoms with van der Waals surface area (Å²) in [5.41, 5.74) is -0.874. The van der Waals surface area contributed by atoms with Crippen LogP contribution in [0, 0.1) is 0 Å². The van der Waals surface area contributed by atoms with Gasteiger partial charge in [0.1, 0.15) is 6.61 Å². The summed E-state index contributed by atoms with van der Waals surface area (Å²) in [5.74, 6) is -0.566. The number of aromatic amines is 1. The lowest BCUT2D eigenvalue weighted by atomic mass is 10.2. The summed E-state index contributed by atoms with van der Waals surface area (Å²) in [6.07, 6.45) is 0.234. The minimum Gasteiger partial charge on any atom is -0.457 e. The van der Waals surface area contributed by atoms with Gasteiger partial charge in [-0.05, 0) is 18.6 Å². The van der Waals surface area contributed by atoms with Gasteiger partial charge in [-0.2, -0.15) is 0 Å². The van der Waals surface area contributed by atoms with E-state index in [1.807, 2.05) is 6.92 Å². The number of hydrogen-bond donors (Lipinski definition) is 2. The predicted molar refractivity (Wildman–Crippen MR) is 89.3 cm³/mol. The van der Waals surface area contributed by atoms with Crippen LogP contribution in [0.2, 0.25) is 0 Å². The highest BCUT2D eigenvalue weighted by atomic mass is 16.6. The lowest BCUT2D eigenvalue weighted by Crippen LogP contribution is -2.37. The van der Waals surface area contributed by atoms with Crippen molar-refractivity contribution in [3.8, 4) is 0 Å². The van der Waals surface area contributed by atoms with Gasteiger partial charge in [0.05, 0.1) is 18.3 Å². The third-order valence-corrected chi connectivity index (χ3v) is 3.54. The molecule has 2 atom stereocenters. The first-order valence-electron chi connectivity index (χ1n) is 7.85. The number of ether oxygens (including phenoxy) is 2. The fourth-order valence-electron chi connectivity index (χ4n) is 2.13. The van der Waals surface area contributed by atoms with Gasteiger partial charge in [-0.15, -0.1) is 0 Å². The van der Waals surface area contributed by atoms with Crippen LogP contribution >= 0.6 is 0 Å². The number of hydrogen-bond acceptors (Lipinski definition) is 6. The van der Waals surface area contributed by atoms with E-state index in [9.17, 15) is 19.5 Å². The zero-order chi connectivity index (χ0) is 18.2. The van der Waals surface area contributed by atoms with Gasteiger partial charge in [0.2, 0.25) is 0 Å². The van der Waals surface area contributed by atoms with E-state index < -0.39 is 29.6 Å². The molecule has 0 spiro atoms. The largest absolute Gasteiger partial charge is 0.457 e. The van der Waals surface area contributed by atoms with Crippen molar-refractivity contribution in [2.45, 2.75) is 25.7 Å². The van der Waals surface area contributed by atoms with Crippen molar-refractivity contribution in [2.24, 2.45) is 0 Å². The first kappa shape index (κ1) is 18.6. The maximum absolute atomic E-state index is 12.1. The number of carbonyl (C=O) groups excluding carboxylic acids is 1. The summed E-state index contributed by atoms with van der Waals surface area (Å²) in [7, 11) is 0. The lowest BCUT2D eigenvalue weighted by Gasteiger charge is -2.24. The van der Waals surface area contributed by atoms with Crippen molar-refractivity contribution in [1.82, 2.24) is 9.55 Å². The molecule has 0 aliphatic heterocycles. The van der Waals surface area contributed by atoms with Gasteiger partial charge in [0.15, 0.2) is 6.23 Å². The molecule has 0 aliphatic carbocycles. The molecule has 0 radical (unpaired) electrons. The van der Waals surface area contributed by atoms with Crippen LogP contribution < -0.4 is 11.2 Å². The molecular weight excluding hydrogens is 328 g/mol. The second-order valence-corrected chi connectivity index (χ2v) is 5.29. The smallest absolute Gasteiger partial charge is 0.338 e. The number of esters is 1. The summed E-state index contributed by atoms with van der Waals surface area (Å²) < 4.78 is 12.0. The molecule has 0 amide bonds. The average Bonchev–Trinajstić information content (AvgIpc) is 2.63. The van der Waals surface area contributed by atoms with Gasteiger partial charge in [0.25, 0.3) is 5.56 Å². The van der Waals surface area contributed by atoms with Crippen LogP contribution in [0.3, 0.4) is 0 Å². The highest BCUT2D eigenvalue weighted by molar-refractivity contribution is 5.89. The van der Waals surface area contributed by atoms with Crippen molar-refractivity contribution >= 4 is 5.97 Å². The Morgan fingerprint density at radius 3 is 2.56 bits per heavy atom. The molecular formula is C17H20N2O6. The van der Waals surface area contributed by atoms with Gasteiger partial charge in [0, 0.05) is 12.3 Å². The highest BCUT2D eigenvalue weighted by Crippen LogP contribution is 2.13. The average molecular weight is 348 g/mol. The van der Waals surface area contributed by atoms with E-state index in [0.29, 0.717) is 12.0 Å². The number of aromatic nitrogens is 2. The summed E-state index contributed by atoms with van der Waals surface area (Å²) in [4.78, 5) is 37.4. The molecule has 1 aromatic heterocycles. The predicted octanol–water partition coefficient (Wildman–Crippen LogP) is 0.680. The van der Waals surface area contributed by atoms with Crippen molar-refractivity contribution in [3.05, 3.63) is 69.0 Å². The quantitative estimate of drug-likeness (QED) is 0.679. The van der Waals surface area contributed by atoms with Crippen LogP contribution in [-0.4, -0.2) is 39.9 Å². The summed E-state index contributed by atoms with van der Waals surface area (Å²) in [6, 6.07) is 9.55. The monoisotopic (exact) mass is 348 g/mol. The number of rotatable bonds is 8. The van der Waals surface area contributed by atoms with E-state index in [1.165, 1.54) is 6.20 Å². The molecule has 0 aliphatic rings. The Bertz CT molecular complexity index is 795. The van der Waals surface area contributed by atoms with Gasteiger partial charge in [-0.25, -0.2) is 9.59 Å². The number of aliphatic hydroxyl groups is 1. The molecule has 0 unspecified atom stereocenters. The van der Waals surface area contributed by atoms with Crippen LogP contribution in [0.5, 0.6) is 0 Å². The first-order chi connectivity index (χ1) is 12.0. The summed E-state index contributed by atoms with van der Waals surface area (Å²) in [5, 5.41) is 9.31. The normalized spacial score (nSPS) is 13.2. The molecule has 0 bridgehead atoms. The SMILES string of the molecule is CC[C@H](CO)O[C@H](COC(=O)c1ccccc1)n1ccc(=O)[nH]c1=O. The number of nitrogens with one attached hydrogen (secondary N) is 1. The lowest BCUT2D eigenvalue weighted by molar-refractivity contribution is -0.102. The molecule has 8 nitrogen and oxygen atoms in total. The second kappa shape index (κ2) is 8.95. The molecule has 2 rings (SSSR count). The maximum Gasteiger partial charge on any atom is 0.338 e. The molecule has 134 valence electrons. The number of carbonyl (C=O) groups is 1. The van der Waals surface area contributed by atoms with E-state index in [2.05, 4.69) is 4.98 Å². The Morgan fingerprint density at radius 1 is 1.24 bits per heavy atom. The summed E-state index contributed by atoms with van der Waals surface area (Å²) in [6.45, 7) is 1.30. The third-order valence-electron chi connectivity index (χ3n) is 3.54. The van der Waals surface area contributed by atoms with Crippen LogP contribution in [0.4, 0.5) is 0 Å². The van der Waals surface area contributed by atoms with Crippen molar-refractivity contribution in [2.75, 3.05) is 13.2 Å². The van der Waals surface area contributed by atoms with Gasteiger partial charge in [-0.3, -0.25) is 14.3 Å². The van der Waals surface area contributed by atoms with Crippen LogP contribution in [0.15, 0.2) is 52.2 Å². The van der Waals surface area contributed by atoms with Crippen molar-refractivity contribution in [3.63, 3.8) is 0 Å². The second-order valence-electron chi connectivity index (χ2n) is 5.29. The Kier molecular flexibility index (Phi) is 6.67. The number of benzene rings is 1. The van der Waals surface area contributed by atoms with Gasteiger partial charge < -0.3 is 14.6 Å². The summed E-state index contributed by atoms with van der Waals surface area (Å²) >= 11 is 0. The van der Waals surface area contributed by atoms with Gasteiger partial charge in [-0.1, -0.05) is 25.1 Å². The molecule has 1 aromatic carbocycles. The fourth-order valence-corrected chi connectivity index (χ4v) is 2.13. The first-order valence-corrected chi connectivity index (χ1v) is 7.85. The Balaban J connectivity index is 2.18. The molecule has 2 aromatic rings. The van der Waals surface area contributed by atoms with E-state index in [0.717, 1.165) is 10.6 Å². The van der Waals surface area contributed by atoms with Gasteiger partial charge >= 0.3 is 11.7 Å². The standard InChI is InChI=1S/C17H20N2O6/c1-2-13(10-20)25-15(19-9-8-14(21)18-17(19)23)11-24-16(22)12-6-4-3-5-7-12/h3-9,13,15,20H,2,10-11H2,1H3,(H,18,21,23)/t13-,15-/m1/s1. The molecule has 2 N–H and O–H groups in total. The molecule has 0 fully saturated rings. The van der Waals surface area contributed by atoms with E-state index >= 15 is 0 Å². The molecule has 8 heteroatoms. The Hall–Kier alpha value is -2.71. The molecule has 25 heavy (non-hydrogen) atoms. The number of nitrogens with zero attached hydrogens (tertiary/aromatic N) is 1. The fraction of sp³-hybridized carbons (Fsp3) is 0.353. The Morgan fingerprint density at radius 2 is 1.96 bits per heavy atom. The number of H-pyrrole nitrogens is 1. The Labute approximate surface area is 143 Å². The minimum absolute atomic E-state index is 0.252. The molecule has 1 heterocycles. The van der Waals surface area contributed by atoms with Crippen molar-refractivity contribution in [1.29, 1.82) is 0 Å². The topological polar surface area (TPSA) is 111 Å². The highest BCUT2D eigenvalue weighted by Gasteiger charge is 2.20.